The number of hydrogen-bond acceptors (Lipinski definition) is 3. The van der Waals surface area contributed by atoms with Crippen molar-refractivity contribution in [3.8, 4) is 5.75 Å². The molecule has 0 saturated carbocycles. The van der Waals surface area contributed by atoms with Gasteiger partial charge < -0.3 is 15.6 Å². The number of nitrogens with two attached hydrogens (primary N) is 1. The fourth-order valence-corrected chi connectivity index (χ4v) is 2.13. The van der Waals surface area contributed by atoms with Gasteiger partial charge in [-0.05, 0) is 41.4 Å². The normalized spacial score (nSPS) is 12.6. The first-order valence-electron chi connectivity index (χ1n) is 4.89. The molecule has 0 aliphatic carbocycles. The fourth-order valence-electron chi connectivity index (χ4n) is 1.43. The monoisotopic (exact) mass is 273 g/mol. The van der Waals surface area contributed by atoms with Gasteiger partial charge in [0.05, 0.1) is 23.7 Å². The molecule has 0 bridgehead atoms. The van der Waals surface area contributed by atoms with Crippen LogP contribution in [0.25, 0.3) is 0 Å². The molecule has 0 aromatic heterocycles. The van der Waals surface area contributed by atoms with E-state index in [2.05, 4.69) is 15.9 Å². The minimum absolute atomic E-state index is 0.0873. The summed E-state index contributed by atoms with van der Waals surface area (Å²) in [5, 5.41) is 9.07. The molecule has 84 valence electrons. The molecule has 1 rings (SSSR count). The minimum atomic E-state index is -0.400. The molecular weight excluding hydrogens is 258 g/mol. The third kappa shape index (κ3) is 2.93. The maximum atomic E-state index is 9.07. The number of halogens is 1. The lowest BCUT2D eigenvalue weighted by Crippen LogP contribution is -2.16. The molecule has 1 unspecified atom stereocenters. The smallest absolute Gasteiger partial charge is 0.138 e. The lowest BCUT2D eigenvalue weighted by Gasteiger charge is -2.17. The molecule has 3 nitrogen and oxygen atoms in total. The predicted molar refractivity (Wildman–Crippen MR) is 64.1 cm³/mol. The van der Waals surface area contributed by atoms with E-state index in [0.717, 1.165) is 21.3 Å². The van der Waals surface area contributed by atoms with Crippen molar-refractivity contribution in [1.82, 2.24) is 0 Å². The van der Waals surface area contributed by atoms with E-state index in [1.165, 1.54) is 0 Å². The van der Waals surface area contributed by atoms with Gasteiger partial charge in [-0.1, -0.05) is 6.07 Å². The average Bonchev–Trinajstić information content (AvgIpc) is 2.20. The zero-order valence-corrected chi connectivity index (χ0v) is 10.5. The summed E-state index contributed by atoms with van der Waals surface area (Å²) in [7, 11) is 0. The van der Waals surface area contributed by atoms with Crippen LogP contribution in [0.15, 0.2) is 16.6 Å². The quantitative estimate of drug-likeness (QED) is 0.884. The minimum Gasteiger partial charge on any atom is -0.492 e. The van der Waals surface area contributed by atoms with Crippen LogP contribution >= 0.6 is 15.9 Å². The molecule has 4 heteroatoms. The van der Waals surface area contributed by atoms with Gasteiger partial charge in [-0.15, -0.1) is 0 Å². The summed E-state index contributed by atoms with van der Waals surface area (Å²) in [6.45, 7) is 4.39. The zero-order valence-electron chi connectivity index (χ0n) is 8.96. The van der Waals surface area contributed by atoms with Gasteiger partial charge in [0.25, 0.3) is 0 Å². The Morgan fingerprint density at radius 1 is 1.53 bits per heavy atom. The van der Waals surface area contributed by atoms with Gasteiger partial charge >= 0.3 is 0 Å². The number of rotatable bonds is 4. The Labute approximate surface area is 98.4 Å². The lowest BCUT2D eigenvalue weighted by atomic mass is 10.0. The Morgan fingerprint density at radius 3 is 2.73 bits per heavy atom. The van der Waals surface area contributed by atoms with Crippen molar-refractivity contribution in [1.29, 1.82) is 0 Å². The molecule has 0 fully saturated rings. The van der Waals surface area contributed by atoms with Gasteiger partial charge in [-0.3, -0.25) is 0 Å². The molecule has 0 aliphatic rings. The van der Waals surface area contributed by atoms with Crippen LogP contribution in [0.5, 0.6) is 5.75 Å². The summed E-state index contributed by atoms with van der Waals surface area (Å²) in [4.78, 5) is 0. The summed E-state index contributed by atoms with van der Waals surface area (Å²) < 4.78 is 6.39. The van der Waals surface area contributed by atoms with Crippen molar-refractivity contribution in [2.45, 2.75) is 19.9 Å². The van der Waals surface area contributed by atoms with E-state index < -0.39 is 6.04 Å². The molecular formula is C11H16BrNO2. The zero-order chi connectivity index (χ0) is 11.4. The second-order valence-electron chi connectivity index (χ2n) is 3.39. The highest BCUT2D eigenvalue weighted by atomic mass is 79.9. The molecule has 15 heavy (non-hydrogen) atoms. The fraction of sp³-hybridized carbons (Fsp3) is 0.455. The van der Waals surface area contributed by atoms with Gasteiger partial charge in [-0.25, -0.2) is 0 Å². The Bertz CT molecular complexity index is 342. The Kier molecular flexibility index (Phi) is 4.57. The lowest BCUT2D eigenvalue weighted by molar-refractivity contribution is 0.261. The Balaban J connectivity index is 3.20. The molecule has 1 aromatic rings. The van der Waals surface area contributed by atoms with Gasteiger partial charge in [0.2, 0.25) is 0 Å². The second-order valence-corrected chi connectivity index (χ2v) is 4.24. The van der Waals surface area contributed by atoms with Crippen molar-refractivity contribution < 1.29 is 9.84 Å². The van der Waals surface area contributed by atoms with Crippen LogP contribution in [0.1, 0.15) is 24.1 Å². The maximum absolute atomic E-state index is 9.07. The molecule has 0 spiro atoms. The van der Waals surface area contributed by atoms with Crippen molar-refractivity contribution in [3.05, 3.63) is 27.7 Å². The maximum Gasteiger partial charge on any atom is 0.138 e. The second kappa shape index (κ2) is 5.49. The Hall–Kier alpha value is -0.580. The third-order valence-electron chi connectivity index (χ3n) is 2.10. The molecule has 0 heterocycles. The predicted octanol–water partition coefficient (Wildman–Crippen LogP) is 2.15. The van der Waals surface area contributed by atoms with Gasteiger partial charge in [-0.2, -0.15) is 0 Å². The van der Waals surface area contributed by atoms with E-state index in [1.807, 2.05) is 26.0 Å². The van der Waals surface area contributed by atoms with Gasteiger partial charge in [0.1, 0.15) is 5.75 Å². The summed E-state index contributed by atoms with van der Waals surface area (Å²) in [6, 6.07) is 3.51. The van der Waals surface area contributed by atoms with E-state index in [0.29, 0.717) is 6.61 Å². The van der Waals surface area contributed by atoms with Gasteiger partial charge in [0.15, 0.2) is 0 Å². The van der Waals surface area contributed by atoms with Crippen LogP contribution < -0.4 is 10.5 Å². The highest BCUT2D eigenvalue weighted by molar-refractivity contribution is 9.10. The molecule has 0 aliphatic heterocycles. The SMILES string of the molecule is CCOc1c(Br)cc(C)cc1C(N)CO. The third-order valence-corrected chi connectivity index (χ3v) is 2.69. The largest absolute Gasteiger partial charge is 0.492 e. The molecule has 1 aromatic carbocycles. The van der Waals surface area contributed by atoms with Crippen molar-refractivity contribution in [3.63, 3.8) is 0 Å². The molecule has 0 amide bonds. The topological polar surface area (TPSA) is 55.5 Å². The summed E-state index contributed by atoms with van der Waals surface area (Å²) in [6.07, 6.45) is 0. The first-order chi connectivity index (χ1) is 7.10. The number of aliphatic hydroxyl groups excluding tert-OH is 1. The number of aryl methyl sites for hydroxylation is 1. The van der Waals surface area contributed by atoms with E-state index >= 15 is 0 Å². The first-order valence-corrected chi connectivity index (χ1v) is 5.68. The number of benzene rings is 1. The highest BCUT2D eigenvalue weighted by Crippen LogP contribution is 2.33. The molecule has 3 N–H and O–H groups in total. The van der Waals surface area contributed by atoms with E-state index in [-0.39, 0.29) is 6.61 Å². The number of hydrogen-bond donors (Lipinski definition) is 2. The van der Waals surface area contributed by atoms with Gasteiger partial charge in [0, 0.05) is 5.56 Å². The average molecular weight is 274 g/mol. The molecule has 0 saturated heterocycles. The highest BCUT2D eigenvalue weighted by Gasteiger charge is 2.14. The number of aliphatic hydroxyl groups is 1. The van der Waals surface area contributed by atoms with Crippen LogP contribution in [-0.2, 0) is 0 Å². The molecule has 1 atom stereocenters. The van der Waals surface area contributed by atoms with Crippen molar-refractivity contribution in [2.24, 2.45) is 5.73 Å². The Morgan fingerprint density at radius 2 is 2.20 bits per heavy atom. The van der Waals surface area contributed by atoms with Crippen LogP contribution in [-0.4, -0.2) is 18.3 Å². The van der Waals surface area contributed by atoms with Crippen LogP contribution in [0.4, 0.5) is 0 Å². The van der Waals surface area contributed by atoms with Crippen LogP contribution in [0.2, 0.25) is 0 Å². The van der Waals surface area contributed by atoms with E-state index in [1.54, 1.807) is 0 Å². The summed E-state index contributed by atoms with van der Waals surface area (Å²) in [5.41, 5.74) is 7.74. The van der Waals surface area contributed by atoms with E-state index in [4.69, 9.17) is 15.6 Å². The molecule has 0 radical (unpaired) electrons. The summed E-state index contributed by atoms with van der Waals surface area (Å²) >= 11 is 3.43. The van der Waals surface area contributed by atoms with Crippen molar-refractivity contribution >= 4 is 15.9 Å². The summed E-state index contributed by atoms with van der Waals surface area (Å²) in [5.74, 6) is 0.727. The van der Waals surface area contributed by atoms with E-state index in [9.17, 15) is 0 Å². The first kappa shape index (κ1) is 12.5. The van der Waals surface area contributed by atoms with Crippen LogP contribution in [0.3, 0.4) is 0 Å². The standard InChI is InChI=1S/C11H16BrNO2/c1-3-15-11-8(10(13)6-14)4-7(2)5-9(11)12/h4-5,10,14H,3,6,13H2,1-2H3. The van der Waals surface area contributed by atoms with Crippen molar-refractivity contribution in [2.75, 3.05) is 13.2 Å². The van der Waals surface area contributed by atoms with Crippen LogP contribution in [0, 0.1) is 6.92 Å². The number of ether oxygens (including phenoxy) is 1.